The first-order valence-electron chi connectivity index (χ1n) is 6.81. The third-order valence-electron chi connectivity index (χ3n) is 3.26. The van der Waals surface area contributed by atoms with Crippen molar-refractivity contribution in [3.05, 3.63) is 35.4 Å². The van der Waals surface area contributed by atoms with Gasteiger partial charge < -0.3 is 4.74 Å². The molecule has 0 unspecified atom stereocenters. The van der Waals surface area contributed by atoms with Crippen molar-refractivity contribution in [1.82, 2.24) is 0 Å². The summed E-state index contributed by atoms with van der Waals surface area (Å²) in [6.07, 6.45) is 2.02. The van der Waals surface area contributed by atoms with E-state index >= 15 is 0 Å². The van der Waals surface area contributed by atoms with Gasteiger partial charge in [0.25, 0.3) is 0 Å². The van der Waals surface area contributed by atoms with Crippen LogP contribution in [0.1, 0.15) is 62.4 Å². The maximum absolute atomic E-state index is 11.8. The van der Waals surface area contributed by atoms with Crippen LogP contribution in [-0.2, 0) is 4.74 Å². The molecule has 1 aromatic carbocycles. The van der Waals surface area contributed by atoms with E-state index in [2.05, 4.69) is 27.7 Å². The summed E-state index contributed by atoms with van der Waals surface area (Å²) >= 11 is 0. The summed E-state index contributed by atoms with van der Waals surface area (Å²) in [5.41, 5.74) is 1.92. The Kier molecular flexibility index (Phi) is 5.90. The van der Waals surface area contributed by atoms with Crippen LogP contribution < -0.4 is 0 Å². The van der Waals surface area contributed by atoms with Crippen LogP contribution in [0.25, 0.3) is 0 Å². The van der Waals surface area contributed by atoms with E-state index in [1.54, 1.807) is 0 Å². The maximum atomic E-state index is 11.8. The van der Waals surface area contributed by atoms with E-state index in [1.807, 2.05) is 24.3 Å². The van der Waals surface area contributed by atoms with Crippen molar-refractivity contribution in [2.45, 2.75) is 46.5 Å². The number of hydrogen-bond donors (Lipinski definition) is 0. The zero-order valence-corrected chi connectivity index (χ0v) is 11.9. The minimum atomic E-state index is -0.216. The highest BCUT2D eigenvalue weighted by Crippen LogP contribution is 2.19. The second-order valence-electron chi connectivity index (χ2n) is 5.25. The molecule has 0 aliphatic rings. The zero-order valence-electron chi connectivity index (χ0n) is 11.9. The van der Waals surface area contributed by atoms with Crippen LogP contribution in [0.2, 0.25) is 0 Å². The molecule has 0 heterocycles. The molecule has 0 radical (unpaired) electrons. The minimum Gasteiger partial charge on any atom is -0.462 e. The van der Waals surface area contributed by atoms with Crippen molar-refractivity contribution in [2.24, 2.45) is 5.92 Å². The normalized spacial score (nSPS) is 12.5. The third kappa shape index (κ3) is 4.52. The van der Waals surface area contributed by atoms with Gasteiger partial charge in [0.05, 0.1) is 12.2 Å². The number of carbonyl (C=O) groups excluding carboxylic acids is 1. The Morgan fingerprint density at radius 2 is 1.78 bits per heavy atom. The molecule has 0 aliphatic carbocycles. The van der Waals surface area contributed by atoms with E-state index in [0.29, 0.717) is 24.0 Å². The Balaban J connectivity index is 2.54. The van der Waals surface area contributed by atoms with Crippen molar-refractivity contribution in [1.29, 1.82) is 0 Å². The smallest absolute Gasteiger partial charge is 0.338 e. The standard InChI is InChI=1S/C16H24O2/c1-5-13(4)14-6-8-15(9-7-14)16(17)18-11-10-12(2)3/h6-9,12-13H,5,10-11H2,1-4H3/t13-/m1/s1. The molecule has 0 aromatic heterocycles. The molecule has 1 atom stereocenters. The van der Waals surface area contributed by atoms with Crippen LogP contribution in [0.15, 0.2) is 24.3 Å². The van der Waals surface area contributed by atoms with E-state index in [0.717, 1.165) is 12.8 Å². The third-order valence-corrected chi connectivity index (χ3v) is 3.26. The zero-order chi connectivity index (χ0) is 13.5. The number of rotatable bonds is 6. The summed E-state index contributed by atoms with van der Waals surface area (Å²) in [5.74, 6) is 0.882. The molecule has 0 fully saturated rings. The van der Waals surface area contributed by atoms with E-state index < -0.39 is 0 Å². The molecule has 0 saturated carbocycles. The molecule has 0 N–H and O–H groups in total. The largest absolute Gasteiger partial charge is 0.462 e. The van der Waals surface area contributed by atoms with Crippen molar-refractivity contribution in [3.63, 3.8) is 0 Å². The van der Waals surface area contributed by atoms with E-state index in [-0.39, 0.29) is 5.97 Å². The van der Waals surface area contributed by atoms with Gasteiger partial charge in [-0.05, 0) is 42.4 Å². The van der Waals surface area contributed by atoms with Gasteiger partial charge in [-0.3, -0.25) is 0 Å². The molecule has 100 valence electrons. The molecule has 2 nitrogen and oxygen atoms in total. The lowest BCUT2D eigenvalue weighted by Gasteiger charge is -2.10. The van der Waals surface area contributed by atoms with Gasteiger partial charge in [-0.1, -0.05) is 39.8 Å². The fourth-order valence-electron chi connectivity index (χ4n) is 1.65. The Bertz CT molecular complexity index is 365. The first-order valence-corrected chi connectivity index (χ1v) is 6.81. The molecular formula is C16H24O2. The summed E-state index contributed by atoms with van der Waals surface area (Å²) in [6.45, 7) is 9.10. The average Bonchev–Trinajstić information content (AvgIpc) is 2.37. The SMILES string of the molecule is CC[C@@H](C)c1ccc(C(=O)OCCC(C)C)cc1. The van der Waals surface area contributed by atoms with Gasteiger partial charge >= 0.3 is 5.97 Å². The van der Waals surface area contributed by atoms with Crippen molar-refractivity contribution < 1.29 is 9.53 Å². The van der Waals surface area contributed by atoms with Gasteiger partial charge in [0.1, 0.15) is 0 Å². The summed E-state index contributed by atoms with van der Waals surface area (Å²) in [5, 5.41) is 0. The van der Waals surface area contributed by atoms with Crippen LogP contribution in [0.4, 0.5) is 0 Å². The lowest BCUT2D eigenvalue weighted by atomic mass is 9.98. The molecule has 0 saturated heterocycles. The predicted molar refractivity (Wildman–Crippen MR) is 74.9 cm³/mol. The fraction of sp³-hybridized carbons (Fsp3) is 0.562. The summed E-state index contributed by atoms with van der Waals surface area (Å²) in [4.78, 5) is 11.8. The number of benzene rings is 1. The second-order valence-corrected chi connectivity index (χ2v) is 5.25. The van der Waals surface area contributed by atoms with Crippen LogP contribution >= 0.6 is 0 Å². The lowest BCUT2D eigenvalue weighted by molar-refractivity contribution is 0.0488. The minimum absolute atomic E-state index is 0.216. The maximum Gasteiger partial charge on any atom is 0.338 e. The Morgan fingerprint density at radius 3 is 2.28 bits per heavy atom. The van der Waals surface area contributed by atoms with Crippen LogP contribution in [0.3, 0.4) is 0 Å². The first kappa shape index (κ1) is 14.7. The van der Waals surface area contributed by atoms with Gasteiger partial charge in [0, 0.05) is 0 Å². The van der Waals surface area contributed by atoms with Crippen LogP contribution in [0, 0.1) is 5.92 Å². The monoisotopic (exact) mass is 248 g/mol. The molecule has 0 amide bonds. The van der Waals surface area contributed by atoms with Gasteiger partial charge in [-0.2, -0.15) is 0 Å². The van der Waals surface area contributed by atoms with Crippen molar-refractivity contribution in [3.8, 4) is 0 Å². The van der Waals surface area contributed by atoms with Crippen LogP contribution in [0.5, 0.6) is 0 Å². The first-order chi connectivity index (χ1) is 8.54. The van der Waals surface area contributed by atoms with E-state index in [9.17, 15) is 4.79 Å². The molecule has 1 rings (SSSR count). The van der Waals surface area contributed by atoms with Gasteiger partial charge in [-0.25, -0.2) is 4.79 Å². The van der Waals surface area contributed by atoms with Crippen LogP contribution in [-0.4, -0.2) is 12.6 Å². The molecule has 0 bridgehead atoms. The average molecular weight is 248 g/mol. The Hall–Kier alpha value is -1.31. The summed E-state index contributed by atoms with van der Waals surface area (Å²) in [7, 11) is 0. The highest BCUT2D eigenvalue weighted by atomic mass is 16.5. The summed E-state index contributed by atoms with van der Waals surface area (Å²) in [6, 6.07) is 7.76. The lowest BCUT2D eigenvalue weighted by Crippen LogP contribution is -2.08. The fourth-order valence-corrected chi connectivity index (χ4v) is 1.65. The van der Waals surface area contributed by atoms with E-state index in [1.165, 1.54) is 5.56 Å². The highest BCUT2D eigenvalue weighted by molar-refractivity contribution is 5.89. The molecule has 2 heteroatoms. The summed E-state index contributed by atoms with van der Waals surface area (Å²) < 4.78 is 5.23. The number of carbonyl (C=O) groups is 1. The number of esters is 1. The molecule has 0 spiro atoms. The topological polar surface area (TPSA) is 26.3 Å². The number of hydrogen-bond acceptors (Lipinski definition) is 2. The van der Waals surface area contributed by atoms with Gasteiger partial charge in [-0.15, -0.1) is 0 Å². The molecule has 18 heavy (non-hydrogen) atoms. The molecule has 0 aliphatic heterocycles. The second kappa shape index (κ2) is 7.20. The van der Waals surface area contributed by atoms with Crippen molar-refractivity contribution >= 4 is 5.97 Å². The van der Waals surface area contributed by atoms with Gasteiger partial charge in [0.15, 0.2) is 0 Å². The van der Waals surface area contributed by atoms with E-state index in [4.69, 9.17) is 4.74 Å². The number of ether oxygens (including phenoxy) is 1. The molecule has 1 aromatic rings. The predicted octanol–water partition coefficient (Wildman–Crippen LogP) is 4.40. The van der Waals surface area contributed by atoms with Gasteiger partial charge in [0.2, 0.25) is 0 Å². The Labute approximate surface area is 110 Å². The Morgan fingerprint density at radius 1 is 1.17 bits per heavy atom. The van der Waals surface area contributed by atoms with Crippen molar-refractivity contribution in [2.75, 3.05) is 6.61 Å². The molecular weight excluding hydrogens is 224 g/mol. The quantitative estimate of drug-likeness (QED) is 0.697. The highest BCUT2D eigenvalue weighted by Gasteiger charge is 2.08.